The molecule has 0 heterocycles. The molecule has 20 heavy (non-hydrogen) atoms. The lowest BCUT2D eigenvalue weighted by Crippen LogP contribution is -2.50. The van der Waals surface area contributed by atoms with Crippen LogP contribution in [-0.4, -0.2) is 30.1 Å². The van der Waals surface area contributed by atoms with Crippen molar-refractivity contribution < 1.29 is 9.90 Å². The SMILES string of the molecule is CN(C)[C@@](Cc1ccccc1)(C(=O)O)c1ccccc1. The van der Waals surface area contributed by atoms with Gasteiger partial charge in [-0.2, -0.15) is 0 Å². The van der Waals surface area contributed by atoms with Gasteiger partial charge in [0.05, 0.1) is 0 Å². The topological polar surface area (TPSA) is 40.5 Å². The van der Waals surface area contributed by atoms with Gasteiger partial charge < -0.3 is 5.11 Å². The van der Waals surface area contributed by atoms with Crippen LogP contribution in [0.4, 0.5) is 0 Å². The summed E-state index contributed by atoms with van der Waals surface area (Å²) in [4.78, 5) is 13.8. The third kappa shape index (κ3) is 2.58. The maximum Gasteiger partial charge on any atom is 0.329 e. The molecule has 0 aromatic heterocycles. The van der Waals surface area contributed by atoms with Crippen LogP contribution in [0.1, 0.15) is 11.1 Å². The number of aliphatic carboxylic acids is 1. The van der Waals surface area contributed by atoms with Gasteiger partial charge in [-0.3, -0.25) is 4.90 Å². The molecule has 0 aliphatic rings. The lowest BCUT2D eigenvalue weighted by molar-refractivity contribution is -0.150. The fourth-order valence-electron chi connectivity index (χ4n) is 2.51. The Bertz CT molecular complexity index is 566. The Morgan fingerprint density at radius 1 is 1.00 bits per heavy atom. The van der Waals surface area contributed by atoms with E-state index in [0.717, 1.165) is 11.1 Å². The summed E-state index contributed by atoms with van der Waals surface area (Å²) in [5.41, 5.74) is 0.747. The largest absolute Gasteiger partial charge is 0.480 e. The highest BCUT2D eigenvalue weighted by atomic mass is 16.4. The summed E-state index contributed by atoms with van der Waals surface area (Å²) in [7, 11) is 3.62. The van der Waals surface area contributed by atoms with E-state index in [1.807, 2.05) is 74.8 Å². The van der Waals surface area contributed by atoms with Crippen molar-refractivity contribution in [1.29, 1.82) is 0 Å². The molecule has 0 saturated heterocycles. The normalized spacial score (nSPS) is 13.9. The van der Waals surface area contributed by atoms with Crippen molar-refractivity contribution in [3.05, 3.63) is 71.8 Å². The van der Waals surface area contributed by atoms with Crippen LogP contribution in [0.2, 0.25) is 0 Å². The third-order valence-corrected chi connectivity index (χ3v) is 3.67. The lowest BCUT2D eigenvalue weighted by Gasteiger charge is -2.36. The second-order valence-electron chi connectivity index (χ2n) is 5.09. The van der Waals surface area contributed by atoms with E-state index in [1.54, 1.807) is 4.90 Å². The zero-order chi connectivity index (χ0) is 14.6. The van der Waals surface area contributed by atoms with Crippen LogP contribution in [-0.2, 0) is 16.8 Å². The van der Waals surface area contributed by atoms with Gasteiger partial charge in [-0.05, 0) is 25.2 Å². The maximum absolute atomic E-state index is 12.0. The molecule has 0 saturated carbocycles. The number of benzene rings is 2. The van der Waals surface area contributed by atoms with E-state index in [4.69, 9.17) is 0 Å². The molecule has 1 atom stereocenters. The summed E-state index contributed by atoms with van der Waals surface area (Å²) in [6, 6.07) is 19.1. The molecule has 0 aliphatic carbocycles. The number of rotatable bonds is 5. The Morgan fingerprint density at radius 2 is 1.50 bits per heavy atom. The van der Waals surface area contributed by atoms with Crippen LogP contribution >= 0.6 is 0 Å². The first-order valence-corrected chi connectivity index (χ1v) is 6.57. The zero-order valence-corrected chi connectivity index (χ0v) is 11.8. The molecule has 3 heteroatoms. The van der Waals surface area contributed by atoms with Gasteiger partial charge in [-0.1, -0.05) is 60.7 Å². The third-order valence-electron chi connectivity index (χ3n) is 3.67. The van der Waals surface area contributed by atoms with Crippen molar-refractivity contribution in [1.82, 2.24) is 4.90 Å². The van der Waals surface area contributed by atoms with Gasteiger partial charge in [0, 0.05) is 6.42 Å². The summed E-state index contributed by atoms with van der Waals surface area (Å²) < 4.78 is 0. The van der Waals surface area contributed by atoms with Crippen LogP contribution in [0.3, 0.4) is 0 Å². The highest BCUT2D eigenvalue weighted by molar-refractivity contribution is 5.81. The molecule has 0 amide bonds. The minimum atomic E-state index is -1.05. The molecule has 2 aromatic carbocycles. The van der Waals surface area contributed by atoms with Crippen molar-refractivity contribution in [3.63, 3.8) is 0 Å². The predicted molar refractivity (Wildman–Crippen MR) is 79.6 cm³/mol. The summed E-state index contributed by atoms with van der Waals surface area (Å²) >= 11 is 0. The standard InChI is InChI=1S/C17H19NO2/c1-18(2)17(16(19)20,15-11-7-4-8-12-15)13-14-9-5-3-6-10-14/h3-12H,13H2,1-2H3,(H,19,20)/t17-/m1/s1. The van der Waals surface area contributed by atoms with Crippen LogP contribution in [0.25, 0.3) is 0 Å². The van der Waals surface area contributed by atoms with Crippen molar-refractivity contribution in [2.75, 3.05) is 14.1 Å². The van der Waals surface area contributed by atoms with Crippen molar-refractivity contribution >= 4 is 5.97 Å². The number of likely N-dealkylation sites (N-methyl/N-ethyl adjacent to an activating group) is 1. The number of hydrogen-bond donors (Lipinski definition) is 1. The summed E-state index contributed by atoms with van der Waals surface area (Å²) in [6.45, 7) is 0. The fraction of sp³-hybridized carbons (Fsp3) is 0.235. The Balaban J connectivity index is 2.52. The Hall–Kier alpha value is -2.13. The van der Waals surface area contributed by atoms with Crippen molar-refractivity contribution in [2.45, 2.75) is 12.0 Å². The Morgan fingerprint density at radius 3 is 1.95 bits per heavy atom. The monoisotopic (exact) mass is 269 g/mol. The van der Waals surface area contributed by atoms with Gasteiger partial charge in [-0.15, -0.1) is 0 Å². The second-order valence-corrected chi connectivity index (χ2v) is 5.09. The average molecular weight is 269 g/mol. The van der Waals surface area contributed by atoms with E-state index in [0.29, 0.717) is 6.42 Å². The highest BCUT2D eigenvalue weighted by Gasteiger charge is 2.42. The molecule has 1 N–H and O–H groups in total. The van der Waals surface area contributed by atoms with Crippen molar-refractivity contribution in [2.24, 2.45) is 0 Å². The lowest BCUT2D eigenvalue weighted by atomic mass is 9.82. The molecular formula is C17H19NO2. The molecule has 2 aromatic rings. The van der Waals surface area contributed by atoms with Gasteiger partial charge in [0.25, 0.3) is 0 Å². The average Bonchev–Trinajstić information content (AvgIpc) is 2.46. The molecule has 0 bridgehead atoms. The number of nitrogens with zero attached hydrogens (tertiary/aromatic N) is 1. The Kier molecular flexibility index (Phi) is 4.20. The van der Waals surface area contributed by atoms with E-state index < -0.39 is 11.5 Å². The zero-order valence-electron chi connectivity index (χ0n) is 11.8. The van der Waals surface area contributed by atoms with Gasteiger partial charge in [0.1, 0.15) is 5.54 Å². The quantitative estimate of drug-likeness (QED) is 0.907. The first-order valence-electron chi connectivity index (χ1n) is 6.57. The first-order chi connectivity index (χ1) is 9.57. The van der Waals surface area contributed by atoms with Crippen LogP contribution in [0.5, 0.6) is 0 Å². The minimum absolute atomic E-state index is 0.431. The molecule has 3 nitrogen and oxygen atoms in total. The van der Waals surface area contributed by atoms with Crippen LogP contribution in [0, 0.1) is 0 Å². The molecule has 0 aliphatic heterocycles. The Labute approximate surface area is 119 Å². The predicted octanol–water partition coefficient (Wildman–Crippen LogP) is 2.77. The molecular weight excluding hydrogens is 250 g/mol. The smallest absolute Gasteiger partial charge is 0.329 e. The van der Waals surface area contributed by atoms with Gasteiger partial charge in [0.2, 0.25) is 0 Å². The molecule has 0 fully saturated rings. The fourth-order valence-corrected chi connectivity index (χ4v) is 2.51. The first kappa shape index (κ1) is 14.3. The molecule has 0 radical (unpaired) electrons. The molecule has 0 spiro atoms. The van der Waals surface area contributed by atoms with E-state index in [9.17, 15) is 9.90 Å². The van der Waals surface area contributed by atoms with E-state index in [2.05, 4.69) is 0 Å². The summed E-state index contributed by atoms with van der Waals surface area (Å²) in [6.07, 6.45) is 0.431. The minimum Gasteiger partial charge on any atom is -0.480 e. The maximum atomic E-state index is 12.0. The summed E-state index contributed by atoms with van der Waals surface area (Å²) in [5, 5.41) is 9.87. The van der Waals surface area contributed by atoms with E-state index in [1.165, 1.54) is 0 Å². The number of hydrogen-bond acceptors (Lipinski definition) is 2. The summed E-state index contributed by atoms with van der Waals surface area (Å²) in [5.74, 6) is -0.836. The van der Waals surface area contributed by atoms with Crippen LogP contribution < -0.4 is 0 Å². The molecule has 104 valence electrons. The molecule has 0 unspecified atom stereocenters. The van der Waals surface area contributed by atoms with Crippen molar-refractivity contribution in [3.8, 4) is 0 Å². The van der Waals surface area contributed by atoms with Gasteiger partial charge >= 0.3 is 5.97 Å². The van der Waals surface area contributed by atoms with E-state index >= 15 is 0 Å². The highest BCUT2D eigenvalue weighted by Crippen LogP contribution is 2.31. The van der Waals surface area contributed by atoms with Gasteiger partial charge in [0.15, 0.2) is 0 Å². The van der Waals surface area contributed by atoms with E-state index in [-0.39, 0.29) is 0 Å². The van der Waals surface area contributed by atoms with Gasteiger partial charge in [-0.25, -0.2) is 4.79 Å². The molecule has 2 rings (SSSR count). The van der Waals surface area contributed by atoms with Crippen LogP contribution in [0.15, 0.2) is 60.7 Å². The number of carboxylic acid groups (broad SMARTS) is 1. The number of carbonyl (C=O) groups is 1. The number of carboxylic acids is 1. The second kappa shape index (κ2) is 5.88.